The molecule has 5 amide bonds. The second-order valence-corrected chi connectivity index (χ2v) is 17.7. The van der Waals surface area contributed by atoms with Crippen LogP contribution in [-0.4, -0.2) is 169 Å². The van der Waals surface area contributed by atoms with Crippen molar-refractivity contribution in [2.75, 3.05) is 97.5 Å². The third-order valence-electron chi connectivity index (χ3n) is 13.2. The van der Waals surface area contributed by atoms with E-state index in [-0.39, 0.29) is 36.3 Å². The van der Waals surface area contributed by atoms with Crippen LogP contribution in [0.5, 0.6) is 0 Å². The summed E-state index contributed by atoms with van der Waals surface area (Å²) in [6, 6.07) is 11.3. The largest absolute Gasteiger partial charge is 0.464 e. The number of piperidine rings is 2. The Morgan fingerprint density at radius 1 is 0.857 bits per heavy atom. The van der Waals surface area contributed by atoms with E-state index >= 15 is 0 Å². The number of ether oxygens (including phenoxy) is 2. The summed E-state index contributed by atoms with van der Waals surface area (Å²) in [5.41, 5.74) is 4.51. The molecule has 1 aromatic heterocycles. The maximum atomic E-state index is 13.7. The number of hydrogen-bond donors (Lipinski definition) is 2. The lowest BCUT2D eigenvalue weighted by Gasteiger charge is -2.38. The highest BCUT2D eigenvalue weighted by Gasteiger charge is 2.35. The van der Waals surface area contributed by atoms with Crippen LogP contribution in [0, 0.1) is 12.8 Å². The van der Waals surface area contributed by atoms with Crippen LogP contribution in [0.2, 0.25) is 0 Å². The quantitative estimate of drug-likeness (QED) is 0.265. The molecule has 63 heavy (non-hydrogen) atoms. The molecule has 0 unspecified atom stereocenters. The number of likely N-dealkylation sites (N-methyl/N-ethyl adjacent to an activating group) is 1. The molecule has 5 aliphatic heterocycles. The van der Waals surface area contributed by atoms with Crippen LogP contribution in [0.25, 0.3) is 11.1 Å². The van der Waals surface area contributed by atoms with Gasteiger partial charge in [-0.05, 0) is 100 Å². The number of hydrogen-bond acceptors (Lipinski definition) is 11. The van der Waals surface area contributed by atoms with E-state index in [0.29, 0.717) is 82.7 Å². The minimum Gasteiger partial charge on any atom is -0.464 e. The molecule has 6 heterocycles. The smallest absolute Gasteiger partial charge is 0.417 e. The minimum absolute atomic E-state index is 0.00633. The van der Waals surface area contributed by atoms with E-state index in [1.165, 1.54) is 12.8 Å². The van der Waals surface area contributed by atoms with Crippen molar-refractivity contribution in [1.29, 1.82) is 0 Å². The summed E-state index contributed by atoms with van der Waals surface area (Å²) in [5.74, 6) is 0.0812. The normalized spacial score (nSPS) is 19.9. The number of aromatic nitrogens is 1. The number of esters is 1. The van der Waals surface area contributed by atoms with Crippen LogP contribution < -0.4 is 11.1 Å². The number of aromatic amines is 1. The first kappa shape index (κ1) is 45.6. The van der Waals surface area contributed by atoms with E-state index in [4.69, 9.17) is 13.9 Å². The Hall–Kier alpha value is -5.42. The summed E-state index contributed by atoms with van der Waals surface area (Å²) < 4.78 is 16.4. The van der Waals surface area contributed by atoms with E-state index in [9.17, 15) is 28.8 Å². The standard InChI is InChI=1S/C31H38N6O6.C15H26N2O3/c1-20-17-21(18-25-27(20)33-30(40)42-25)19-26(28(38)35-15-13-34(2)14-16-35)43-31(41)36-10-8-23(9-11-36)37-12-7-22-5-3-4-6-24(22)32-29(37)39;1-13-4-8-16(9-5-13)10-6-15(19)20-12-11-17-7-2-3-14(17)18/h3-6,17-18,23,26H,7-16,19H2,1-2H3,(H,32,39)(H,33,40);13H,2-12H2,1H3/t26-;/m1./s1. The zero-order chi connectivity index (χ0) is 44.5. The van der Waals surface area contributed by atoms with Crippen molar-refractivity contribution in [3.05, 3.63) is 63.6 Å². The Bertz CT molecular complexity index is 2130. The maximum absolute atomic E-state index is 13.7. The minimum atomic E-state index is -1.02. The van der Waals surface area contributed by atoms with Gasteiger partial charge in [-0.15, -0.1) is 0 Å². The number of aryl methyl sites for hydroxylation is 1. The van der Waals surface area contributed by atoms with Gasteiger partial charge in [0.15, 0.2) is 11.7 Å². The van der Waals surface area contributed by atoms with Gasteiger partial charge in [0, 0.05) is 83.5 Å². The lowest BCUT2D eigenvalue weighted by molar-refractivity contribution is -0.145. The number of likely N-dealkylation sites (tertiary alicyclic amines) is 3. The zero-order valence-electron chi connectivity index (χ0n) is 37.1. The molecule has 4 saturated heterocycles. The third kappa shape index (κ3) is 12.2. The number of amides is 5. The molecule has 342 valence electrons. The predicted molar refractivity (Wildman–Crippen MR) is 236 cm³/mol. The Balaban J connectivity index is 0.000000249. The third-order valence-corrected chi connectivity index (χ3v) is 13.2. The summed E-state index contributed by atoms with van der Waals surface area (Å²) in [4.78, 5) is 89.1. The monoisotopic (exact) mass is 872 g/mol. The van der Waals surface area contributed by atoms with Crippen LogP contribution in [0.3, 0.4) is 0 Å². The summed E-state index contributed by atoms with van der Waals surface area (Å²) in [7, 11) is 2.01. The van der Waals surface area contributed by atoms with Crippen LogP contribution in [0.4, 0.5) is 15.3 Å². The van der Waals surface area contributed by atoms with Crippen molar-refractivity contribution >= 4 is 46.7 Å². The van der Waals surface area contributed by atoms with Crippen LogP contribution in [0.1, 0.15) is 68.6 Å². The highest BCUT2D eigenvalue weighted by atomic mass is 16.6. The van der Waals surface area contributed by atoms with Gasteiger partial charge in [0.05, 0.1) is 18.5 Å². The van der Waals surface area contributed by atoms with Crippen LogP contribution in [0.15, 0.2) is 45.6 Å². The van der Waals surface area contributed by atoms with Crippen molar-refractivity contribution in [3.8, 4) is 0 Å². The summed E-state index contributed by atoms with van der Waals surface area (Å²) in [5, 5.41) is 3.03. The number of fused-ring (bicyclic) bond motifs is 2. The van der Waals surface area contributed by atoms with Gasteiger partial charge in [-0.3, -0.25) is 19.4 Å². The van der Waals surface area contributed by atoms with Crippen LogP contribution in [-0.2, 0) is 36.7 Å². The number of carbonyl (C=O) groups excluding carboxylic acids is 5. The molecule has 17 nitrogen and oxygen atoms in total. The number of urea groups is 1. The lowest BCUT2D eigenvalue weighted by Crippen LogP contribution is -2.53. The van der Waals surface area contributed by atoms with E-state index in [0.717, 1.165) is 80.4 Å². The Kier molecular flexibility index (Phi) is 15.4. The number of piperazine rings is 1. The molecule has 8 rings (SSSR count). The Labute approximate surface area is 369 Å². The molecule has 1 atom stereocenters. The molecule has 2 N–H and O–H groups in total. The molecule has 0 bridgehead atoms. The first-order valence-electron chi connectivity index (χ1n) is 22.8. The summed E-state index contributed by atoms with van der Waals surface area (Å²) >= 11 is 0. The number of nitrogens with one attached hydrogen (secondary N) is 2. The topological polar surface area (TPSA) is 181 Å². The number of nitrogens with zero attached hydrogens (tertiary/aromatic N) is 6. The van der Waals surface area contributed by atoms with Crippen molar-refractivity contribution < 1.29 is 37.9 Å². The molecular weight excluding hydrogens is 809 g/mol. The highest BCUT2D eigenvalue weighted by molar-refractivity contribution is 5.91. The maximum Gasteiger partial charge on any atom is 0.417 e. The van der Waals surface area contributed by atoms with E-state index in [1.54, 1.807) is 20.8 Å². The molecule has 17 heteroatoms. The van der Waals surface area contributed by atoms with Gasteiger partial charge in [-0.25, -0.2) is 14.4 Å². The number of rotatable bonds is 11. The average Bonchev–Trinajstić information content (AvgIpc) is 3.82. The van der Waals surface area contributed by atoms with Gasteiger partial charge < -0.3 is 48.6 Å². The number of benzene rings is 2. The van der Waals surface area contributed by atoms with Gasteiger partial charge in [0.1, 0.15) is 6.61 Å². The second-order valence-electron chi connectivity index (χ2n) is 17.7. The molecule has 0 aliphatic carbocycles. The zero-order valence-corrected chi connectivity index (χ0v) is 37.1. The van der Waals surface area contributed by atoms with Gasteiger partial charge in [0.2, 0.25) is 5.91 Å². The van der Waals surface area contributed by atoms with Gasteiger partial charge in [0.25, 0.3) is 5.91 Å². The number of carbonyl (C=O) groups is 5. The molecule has 3 aromatic rings. The van der Waals surface area contributed by atoms with Crippen molar-refractivity contribution in [1.82, 2.24) is 34.4 Å². The molecule has 0 spiro atoms. The molecular formula is C46H64N8O9. The molecule has 0 saturated carbocycles. The van der Waals surface area contributed by atoms with Gasteiger partial charge >= 0.3 is 23.8 Å². The average molecular weight is 873 g/mol. The second kappa shape index (κ2) is 21.3. The Morgan fingerprint density at radius 2 is 1.60 bits per heavy atom. The van der Waals surface area contributed by atoms with Crippen molar-refractivity contribution in [2.24, 2.45) is 5.92 Å². The first-order valence-corrected chi connectivity index (χ1v) is 22.8. The molecule has 4 fully saturated rings. The number of H-pyrrole nitrogens is 1. The van der Waals surface area contributed by atoms with E-state index in [2.05, 4.69) is 27.0 Å². The predicted octanol–water partition coefficient (Wildman–Crippen LogP) is 4.08. The molecule has 2 aromatic carbocycles. The summed E-state index contributed by atoms with van der Waals surface area (Å²) in [6.45, 7) is 12.9. The van der Waals surface area contributed by atoms with E-state index in [1.807, 2.05) is 49.2 Å². The lowest BCUT2D eigenvalue weighted by atomic mass is 9.99. The van der Waals surface area contributed by atoms with Gasteiger partial charge in [-0.2, -0.15) is 0 Å². The highest BCUT2D eigenvalue weighted by Crippen LogP contribution is 2.26. The number of anilines is 1. The van der Waals surface area contributed by atoms with E-state index < -0.39 is 18.0 Å². The number of para-hydroxylation sites is 1. The fraction of sp³-hybridized carbons (Fsp3) is 0.609. The molecule has 5 aliphatic rings. The number of oxazole rings is 1. The van der Waals surface area contributed by atoms with Gasteiger partial charge in [-0.1, -0.05) is 31.2 Å². The first-order chi connectivity index (χ1) is 30.4. The van der Waals surface area contributed by atoms with Crippen molar-refractivity contribution in [3.63, 3.8) is 0 Å². The van der Waals surface area contributed by atoms with Crippen LogP contribution >= 0.6 is 0 Å². The fourth-order valence-corrected chi connectivity index (χ4v) is 9.15. The summed E-state index contributed by atoms with van der Waals surface area (Å²) in [6.07, 6.45) is 5.10. The fourth-order valence-electron chi connectivity index (χ4n) is 9.15. The van der Waals surface area contributed by atoms with Crippen molar-refractivity contribution in [2.45, 2.75) is 83.8 Å². The Morgan fingerprint density at radius 3 is 2.33 bits per heavy atom. The molecule has 0 radical (unpaired) electrons. The SMILES string of the molecule is CC1CCN(CCC(=O)OCCN2CCCC2=O)CC1.Cc1cc(C[C@@H](OC(=O)N2CCC(N3CCc4ccccc4NC3=O)CC2)C(=O)N2CCN(C)CC2)cc2oc(=O)[nH]c12.